The van der Waals surface area contributed by atoms with E-state index >= 15 is 0 Å². The summed E-state index contributed by atoms with van der Waals surface area (Å²) in [6, 6.07) is 1.56. The van der Waals surface area contributed by atoms with E-state index < -0.39 is 11.9 Å². The third-order valence-electron chi connectivity index (χ3n) is 3.64. The maximum absolute atomic E-state index is 12.3. The summed E-state index contributed by atoms with van der Waals surface area (Å²) in [4.78, 5) is 26.7. The number of halogens is 1. The molecule has 1 N–H and O–H groups in total. The van der Waals surface area contributed by atoms with Gasteiger partial charge >= 0.3 is 5.97 Å². The molecule has 0 aliphatic carbocycles. The van der Waals surface area contributed by atoms with Gasteiger partial charge in [-0.05, 0) is 46.6 Å². The number of carbonyl (C=O) groups excluding carboxylic acids is 1. The number of carboxylic acid groups (broad SMARTS) is 1. The average molecular weight is 360 g/mol. The fourth-order valence-corrected chi connectivity index (χ4v) is 4.54. The number of aliphatic carboxylic acids is 1. The molecule has 1 aliphatic rings. The van der Waals surface area contributed by atoms with E-state index in [1.807, 2.05) is 18.4 Å². The molecule has 20 heavy (non-hydrogen) atoms. The first-order chi connectivity index (χ1) is 9.56. The summed E-state index contributed by atoms with van der Waals surface area (Å²) >= 11 is 5.00. The number of thiophene rings is 1. The molecule has 1 amide bonds. The number of carbonyl (C=O) groups is 2. The third-order valence-corrected chi connectivity index (χ3v) is 5.58. The van der Waals surface area contributed by atoms with E-state index in [2.05, 4.69) is 15.9 Å². The Bertz CT molecular complexity index is 502. The predicted molar refractivity (Wildman–Crippen MR) is 81.7 cm³/mol. The summed E-state index contributed by atoms with van der Waals surface area (Å²) in [6.45, 7) is 2.62. The Morgan fingerprint density at radius 3 is 2.90 bits per heavy atom. The summed E-state index contributed by atoms with van der Waals surface area (Å²) in [5, 5.41) is 11.5. The van der Waals surface area contributed by atoms with Gasteiger partial charge in [0.05, 0.1) is 12.0 Å². The molecule has 2 atom stereocenters. The normalized spacial score (nSPS) is 23.7. The smallest absolute Gasteiger partial charge is 0.308 e. The number of likely N-dealkylation sites (tertiary alicyclic amines) is 1. The van der Waals surface area contributed by atoms with E-state index in [-0.39, 0.29) is 11.9 Å². The molecule has 2 unspecified atom stereocenters. The lowest BCUT2D eigenvalue weighted by Crippen LogP contribution is -2.39. The Labute approximate surface area is 130 Å². The lowest BCUT2D eigenvalue weighted by molar-refractivity contribution is -0.146. The van der Waals surface area contributed by atoms with E-state index in [0.29, 0.717) is 25.8 Å². The van der Waals surface area contributed by atoms with Gasteiger partial charge in [0, 0.05) is 22.3 Å². The largest absolute Gasteiger partial charge is 0.481 e. The Morgan fingerprint density at radius 2 is 2.35 bits per heavy atom. The monoisotopic (exact) mass is 359 g/mol. The summed E-state index contributed by atoms with van der Waals surface area (Å²) in [5.41, 5.74) is 0. The highest BCUT2D eigenvalue weighted by molar-refractivity contribution is 9.10. The second kappa shape index (κ2) is 6.72. The highest BCUT2D eigenvalue weighted by Gasteiger charge is 2.39. The zero-order chi connectivity index (χ0) is 14.7. The first kappa shape index (κ1) is 15.5. The van der Waals surface area contributed by atoms with Crippen molar-refractivity contribution in [1.82, 2.24) is 4.90 Å². The molecule has 1 aromatic rings. The molecular weight excluding hydrogens is 342 g/mol. The predicted octanol–water partition coefficient (Wildman–Crippen LogP) is 3.68. The fraction of sp³-hybridized carbons (Fsp3) is 0.571. The van der Waals surface area contributed by atoms with E-state index in [1.54, 1.807) is 4.90 Å². The summed E-state index contributed by atoms with van der Waals surface area (Å²) < 4.78 is 0.898. The van der Waals surface area contributed by atoms with Gasteiger partial charge in [0.1, 0.15) is 0 Å². The molecule has 110 valence electrons. The molecule has 1 saturated heterocycles. The van der Waals surface area contributed by atoms with Crippen LogP contribution in [0.5, 0.6) is 0 Å². The lowest BCUT2D eigenvalue weighted by Gasteiger charge is -2.33. The van der Waals surface area contributed by atoms with Gasteiger partial charge in [-0.2, -0.15) is 0 Å². The van der Waals surface area contributed by atoms with Crippen LogP contribution >= 0.6 is 27.3 Å². The first-order valence-corrected chi connectivity index (χ1v) is 8.48. The van der Waals surface area contributed by atoms with Crippen LogP contribution in [0.25, 0.3) is 0 Å². The van der Waals surface area contributed by atoms with Crippen molar-refractivity contribution in [3.05, 3.63) is 20.8 Å². The molecule has 0 bridgehead atoms. The maximum atomic E-state index is 12.3. The number of rotatable bonds is 4. The maximum Gasteiger partial charge on any atom is 0.308 e. The van der Waals surface area contributed by atoms with Crippen molar-refractivity contribution in [2.75, 3.05) is 6.54 Å². The van der Waals surface area contributed by atoms with Gasteiger partial charge in [0.2, 0.25) is 5.91 Å². The van der Waals surface area contributed by atoms with Crippen LogP contribution < -0.4 is 0 Å². The van der Waals surface area contributed by atoms with Gasteiger partial charge in [-0.3, -0.25) is 9.59 Å². The quantitative estimate of drug-likeness (QED) is 0.891. The highest BCUT2D eigenvalue weighted by Crippen LogP contribution is 2.41. The highest BCUT2D eigenvalue weighted by atomic mass is 79.9. The number of nitrogens with zero attached hydrogens (tertiary/aromatic N) is 1. The van der Waals surface area contributed by atoms with Gasteiger partial charge in [-0.1, -0.05) is 6.92 Å². The van der Waals surface area contributed by atoms with Crippen LogP contribution in [0.4, 0.5) is 0 Å². The molecule has 1 aliphatic heterocycles. The topological polar surface area (TPSA) is 57.6 Å². The van der Waals surface area contributed by atoms with Crippen molar-refractivity contribution >= 4 is 39.1 Å². The minimum absolute atomic E-state index is 0.0703. The molecule has 6 heteroatoms. The standard InChI is InChI=1S/C14H18BrNO3S/c1-2-7-16-11(17)5-3-4-9(14(18)19)12(16)13-10(15)6-8-20-13/h6,8-9,12H,2-5,7H2,1H3,(H,18,19). The second-order valence-corrected chi connectivity index (χ2v) is 6.80. The molecule has 0 aromatic carbocycles. The van der Waals surface area contributed by atoms with Gasteiger partial charge in [-0.15, -0.1) is 11.3 Å². The van der Waals surface area contributed by atoms with E-state index in [9.17, 15) is 14.7 Å². The van der Waals surface area contributed by atoms with Crippen molar-refractivity contribution in [3.8, 4) is 0 Å². The Balaban J connectivity index is 2.46. The Hall–Kier alpha value is -0.880. The number of carboxylic acids is 1. The molecule has 2 rings (SSSR count). The zero-order valence-corrected chi connectivity index (χ0v) is 13.7. The van der Waals surface area contributed by atoms with E-state index in [4.69, 9.17) is 0 Å². The van der Waals surface area contributed by atoms with Crippen molar-refractivity contribution in [3.63, 3.8) is 0 Å². The van der Waals surface area contributed by atoms with Crippen LogP contribution in [0.3, 0.4) is 0 Å². The molecule has 0 spiro atoms. The minimum Gasteiger partial charge on any atom is -0.481 e. The number of hydrogen-bond donors (Lipinski definition) is 1. The van der Waals surface area contributed by atoms with Crippen LogP contribution in [0.1, 0.15) is 43.5 Å². The minimum atomic E-state index is -0.814. The van der Waals surface area contributed by atoms with Crippen molar-refractivity contribution in [2.45, 2.75) is 38.6 Å². The van der Waals surface area contributed by atoms with Crippen molar-refractivity contribution in [2.24, 2.45) is 5.92 Å². The van der Waals surface area contributed by atoms with Crippen LogP contribution in [-0.2, 0) is 9.59 Å². The lowest BCUT2D eigenvalue weighted by atomic mass is 9.93. The van der Waals surface area contributed by atoms with Crippen LogP contribution in [0.15, 0.2) is 15.9 Å². The van der Waals surface area contributed by atoms with Crippen LogP contribution in [0.2, 0.25) is 0 Å². The van der Waals surface area contributed by atoms with E-state index in [0.717, 1.165) is 15.8 Å². The Kier molecular flexibility index (Phi) is 5.21. The van der Waals surface area contributed by atoms with Gasteiger partial charge in [-0.25, -0.2) is 0 Å². The summed E-state index contributed by atoms with van der Waals surface area (Å²) in [6.07, 6.45) is 2.48. The second-order valence-electron chi connectivity index (χ2n) is 5.00. The SMILES string of the molecule is CCCN1C(=O)CCCC(C(=O)O)C1c1sccc1Br. The summed E-state index contributed by atoms with van der Waals surface area (Å²) in [7, 11) is 0. The molecule has 4 nitrogen and oxygen atoms in total. The van der Waals surface area contributed by atoms with Crippen LogP contribution in [-0.4, -0.2) is 28.4 Å². The number of amides is 1. The zero-order valence-electron chi connectivity index (χ0n) is 11.3. The molecule has 0 radical (unpaired) electrons. The first-order valence-electron chi connectivity index (χ1n) is 6.81. The third kappa shape index (κ3) is 3.06. The van der Waals surface area contributed by atoms with Gasteiger partial charge in [0.15, 0.2) is 0 Å². The number of hydrogen-bond acceptors (Lipinski definition) is 3. The molecule has 1 aromatic heterocycles. The van der Waals surface area contributed by atoms with Gasteiger partial charge < -0.3 is 10.0 Å². The fourth-order valence-electron chi connectivity index (χ4n) is 2.75. The molecule has 2 heterocycles. The van der Waals surface area contributed by atoms with Crippen molar-refractivity contribution in [1.29, 1.82) is 0 Å². The van der Waals surface area contributed by atoms with Gasteiger partial charge in [0.25, 0.3) is 0 Å². The molecule has 0 saturated carbocycles. The Morgan fingerprint density at radius 1 is 1.60 bits per heavy atom. The van der Waals surface area contributed by atoms with E-state index in [1.165, 1.54) is 11.3 Å². The molecule has 1 fully saturated rings. The molecular formula is C14H18BrNO3S. The average Bonchev–Trinajstić information content (AvgIpc) is 2.74. The van der Waals surface area contributed by atoms with Crippen LogP contribution in [0, 0.1) is 5.92 Å². The summed E-state index contributed by atoms with van der Waals surface area (Å²) in [5.74, 6) is -1.27. The van der Waals surface area contributed by atoms with Crippen molar-refractivity contribution < 1.29 is 14.7 Å².